The Hall–Kier alpha value is -1.49. The molecule has 0 aliphatic carbocycles. The van der Waals surface area contributed by atoms with Gasteiger partial charge in [0.2, 0.25) is 5.89 Å². The second-order valence-corrected chi connectivity index (χ2v) is 3.64. The molecule has 2 rings (SSSR count). The van der Waals surface area contributed by atoms with Crippen molar-refractivity contribution in [3.8, 4) is 0 Å². The van der Waals surface area contributed by atoms with Gasteiger partial charge in [-0.1, -0.05) is 23.7 Å². The molecule has 3 nitrogen and oxygen atoms in total. The first-order chi connectivity index (χ1) is 7.50. The van der Waals surface area contributed by atoms with Crippen molar-refractivity contribution in [2.75, 3.05) is 0 Å². The highest BCUT2D eigenvalue weighted by Crippen LogP contribution is 2.34. The zero-order valence-corrected chi connectivity index (χ0v) is 9.00. The van der Waals surface area contributed by atoms with Crippen molar-refractivity contribution in [3.63, 3.8) is 0 Å². The number of aryl methyl sites for hydroxylation is 1. The van der Waals surface area contributed by atoms with E-state index in [4.69, 9.17) is 16.0 Å². The molecule has 0 aliphatic rings. The van der Waals surface area contributed by atoms with Crippen LogP contribution in [0.25, 0.3) is 0 Å². The highest BCUT2D eigenvalue weighted by Gasteiger charge is 2.40. The molecule has 0 N–H and O–H groups in total. The summed E-state index contributed by atoms with van der Waals surface area (Å²) in [4.78, 5) is 0. The van der Waals surface area contributed by atoms with Gasteiger partial charge in [-0.15, -0.1) is 10.2 Å². The monoisotopic (exact) mass is 244 g/mol. The summed E-state index contributed by atoms with van der Waals surface area (Å²) >= 11 is 5.62. The summed E-state index contributed by atoms with van der Waals surface area (Å²) < 4.78 is 32.3. The quantitative estimate of drug-likeness (QED) is 0.814. The molecule has 0 bridgehead atoms. The van der Waals surface area contributed by atoms with Crippen LogP contribution in [0, 0.1) is 6.92 Å². The minimum Gasteiger partial charge on any atom is -0.420 e. The molecule has 1 heterocycles. The number of hydrogen-bond acceptors (Lipinski definition) is 3. The minimum absolute atomic E-state index is 0.101. The van der Waals surface area contributed by atoms with Crippen molar-refractivity contribution in [2.24, 2.45) is 0 Å². The average molecular weight is 245 g/mol. The van der Waals surface area contributed by atoms with E-state index in [0.29, 0.717) is 5.02 Å². The molecular formula is C10H7ClF2N2O. The fourth-order valence-corrected chi connectivity index (χ4v) is 1.33. The van der Waals surface area contributed by atoms with Crippen LogP contribution < -0.4 is 0 Å². The summed E-state index contributed by atoms with van der Waals surface area (Å²) in [6.45, 7) is 1.45. The fraction of sp³-hybridized carbons (Fsp3) is 0.200. The molecule has 16 heavy (non-hydrogen) atoms. The molecular weight excluding hydrogens is 238 g/mol. The standard InChI is InChI=1S/C10H7ClF2N2O/c1-6-14-15-9(16-6)10(12,13)7-2-4-8(11)5-3-7/h2-5H,1H3. The molecule has 84 valence electrons. The average Bonchev–Trinajstić information content (AvgIpc) is 2.66. The topological polar surface area (TPSA) is 38.9 Å². The SMILES string of the molecule is Cc1nnc(C(F)(F)c2ccc(Cl)cc2)o1. The van der Waals surface area contributed by atoms with Gasteiger partial charge in [0.1, 0.15) is 0 Å². The number of aromatic nitrogens is 2. The van der Waals surface area contributed by atoms with Gasteiger partial charge in [-0.3, -0.25) is 0 Å². The fourth-order valence-electron chi connectivity index (χ4n) is 1.21. The Balaban J connectivity index is 2.42. The first kappa shape index (κ1) is 11.0. The Kier molecular flexibility index (Phi) is 2.63. The number of alkyl halides is 2. The molecule has 0 saturated heterocycles. The summed E-state index contributed by atoms with van der Waals surface area (Å²) in [6.07, 6.45) is 0. The maximum atomic E-state index is 13.8. The van der Waals surface area contributed by atoms with Crippen molar-refractivity contribution >= 4 is 11.6 Å². The van der Waals surface area contributed by atoms with Gasteiger partial charge < -0.3 is 4.42 Å². The van der Waals surface area contributed by atoms with E-state index < -0.39 is 11.8 Å². The van der Waals surface area contributed by atoms with Crippen LogP contribution in [0.1, 0.15) is 17.3 Å². The molecule has 0 fully saturated rings. The highest BCUT2D eigenvalue weighted by atomic mass is 35.5. The maximum Gasteiger partial charge on any atom is 0.349 e. The first-order valence-corrected chi connectivity index (χ1v) is 4.82. The molecule has 6 heteroatoms. The van der Waals surface area contributed by atoms with Crippen LogP contribution in [0.4, 0.5) is 8.78 Å². The molecule has 0 amide bonds. The summed E-state index contributed by atoms with van der Waals surface area (Å²) in [5, 5.41) is 7.08. The molecule has 2 aromatic rings. The van der Waals surface area contributed by atoms with Crippen LogP contribution in [0.15, 0.2) is 28.7 Å². The molecule has 1 aromatic carbocycles. The van der Waals surface area contributed by atoms with Gasteiger partial charge in [0, 0.05) is 17.5 Å². The van der Waals surface area contributed by atoms with Crippen molar-refractivity contribution in [1.82, 2.24) is 10.2 Å². The van der Waals surface area contributed by atoms with Gasteiger partial charge in [0.25, 0.3) is 5.89 Å². The second kappa shape index (κ2) is 3.83. The van der Waals surface area contributed by atoms with Crippen LogP contribution in [0.5, 0.6) is 0 Å². The Morgan fingerprint density at radius 3 is 2.31 bits per heavy atom. The lowest BCUT2D eigenvalue weighted by Gasteiger charge is -2.11. The number of rotatable bonds is 2. The lowest BCUT2D eigenvalue weighted by Crippen LogP contribution is -2.15. The van der Waals surface area contributed by atoms with Crippen molar-refractivity contribution < 1.29 is 13.2 Å². The van der Waals surface area contributed by atoms with E-state index in [2.05, 4.69) is 10.2 Å². The third kappa shape index (κ3) is 1.90. The number of benzene rings is 1. The maximum absolute atomic E-state index is 13.8. The van der Waals surface area contributed by atoms with Crippen molar-refractivity contribution in [2.45, 2.75) is 12.8 Å². The molecule has 0 radical (unpaired) electrons. The zero-order valence-electron chi connectivity index (χ0n) is 8.25. The third-order valence-corrected chi connectivity index (χ3v) is 2.25. The summed E-state index contributed by atoms with van der Waals surface area (Å²) in [7, 11) is 0. The summed E-state index contributed by atoms with van der Waals surface area (Å²) in [5.41, 5.74) is -0.236. The van der Waals surface area contributed by atoms with Crippen LogP contribution in [-0.4, -0.2) is 10.2 Å². The molecule has 0 saturated carbocycles. The third-order valence-electron chi connectivity index (χ3n) is 2.00. The number of hydrogen-bond donors (Lipinski definition) is 0. The van der Waals surface area contributed by atoms with Gasteiger partial charge in [0.15, 0.2) is 0 Å². The lowest BCUT2D eigenvalue weighted by atomic mass is 10.1. The van der Waals surface area contributed by atoms with Gasteiger partial charge in [-0.05, 0) is 12.1 Å². The summed E-state index contributed by atoms with van der Waals surface area (Å²) in [5.74, 6) is -3.91. The van der Waals surface area contributed by atoms with E-state index in [1.807, 2.05) is 0 Å². The van der Waals surface area contributed by atoms with Crippen LogP contribution in [0.2, 0.25) is 5.02 Å². The largest absolute Gasteiger partial charge is 0.420 e. The minimum atomic E-state index is -3.30. The number of halogens is 3. The number of nitrogens with zero attached hydrogens (tertiary/aromatic N) is 2. The molecule has 1 aromatic heterocycles. The van der Waals surface area contributed by atoms with Gasteiger partial charge in [0.05, 0.1) is 0 Å². The van der Waals surface area contributed by atoms with E-state index in [9.17, 15) is 8.78 Å². The van der Waals surface area contributed by atoms with E-state index in [1.54, 1.807) is 0 Å². The Labute approximate surface area is 95.1 Å². The molecule has 0 unspecified atom stereocenters. The van der Waals surface area contributed by atoms with Crippen LogP contribution >= 0.6 is 11.6 Å². The van der Waals surface area contributed by atoms with Gasteiger partial charge in [-0.25, -0.2) is 0 Å². The Bertz CT molecular complexity index is 496. The van der Waals surface area contributed by atoms with E-state index in [-0.39, 0.29) is 11.5 Å². The highest BCUT2D eigenvalue weighted by molar-refractivity contribution is 6.30. The van der Waals surface area contributed by atoms with Gasteiger partial charge in [-0.2, -0.15) is 8.78 Å². The van der Waals surface area contributed by atoms with Gasteiger partial charge >= 0.3 is 5.92 Å². The molecule has 0 spiro atoms. The van der Waals surface area contributed by atoms with Crippen molar-refractivity contribution in [3.05, 3.63) is 46.6 Å². The predicted octanol–water partition coefficient (Wildman–Crippen LogP) is 3.17. The molecule has 0 aliphatic heterocycles. The second-order valence-electron chi connectivity index (χ2n) is 3.21. The summed E-state index contributed by atoms with van der Waals surface area (Å²) in [6, 6.07) is 5.21. The smallest absolute Gasteiger partial charge is 0.349 e. The van der Waals surface area contributed by atoms with Crippen LogP contribution in [0.3, 0.4) is 0 Å². The predicted molar refractivity (Wildman–Crippen MR) is 53.5 cm³/mol. The Morgan fingerprint density at radius 1 is 1.19 bits per heavy atom. The van der Waals surface area contributed by atoms with Crippen molar-refractivity contribution in [1.29, 1.82) is 0 Å². The zero-order chi connectivity index (χ0) is 11.8. The normalized spacial score (nSPS) is 11.8. The van der Waals surface area contributed by atoms with Crippen LogP contribution in [-0.2, 0) is 5.92 Å². The van der Waals surface area contributed by atoms with E-state index >= 15 is 0 Å². The lowest BCUT2D eigenvalue weighted by molar-refractivity contribution is 0.0123. The Morgan fingerprint density at radius 2 is 1.81 bits per heavy atom. The molecule has 0 atom stereocenters. The van der Waals surface area contributed by atoms with E-state index in [1.165, 1.54) is 31.2 Å². The van der Waals surface area contributed by atoms with E-state index in [0.717, 1.165) is 0 Å². The first-order valence-electron chi connectivity index (χ1n) is 4.44.